The first-order valence-electron chi connectivity index (χ1n) is 6.41. The molecular formula is C16H20N2. The summed E-state index contributed by atoms with van der Waals surface area (Å²) in [5.74, 6) is 0. The predicted molar refractivity (Wildman–Crippen MR) is 76.6 cm³/mol. The fourth-order valence-electron chi connectivity index (χ4n) is 2.25. The second-order valence-electron chi connectivity index (χ2n) is 4.86. The van der Waals surface area contributed by atoms with Crippen molar-refractivity contribution in [1.82, 2.24) is 4.98 Å². The largest absolute Gasteiger partial charge is 0.398 e. The van der Waals surface area contributed by atoms with Gasteiger partial charge in [-0.2, -0.15) is 0 Å². The highest BCUT2D eigenvalue weighted by atomic mass is 14.6. The number of rotatable bonds is 4. The first kappa shape index (κ1) is 12.6. The molecule has 0 spiro atoms. The number of pyridine rings is 1. The van der Waals surface area contributed by atoms with E-state index in [1.807, 2.05) is 18.5 Å². The molecule has 0 aliphatic carbocycles. The highest BCUT2D eigenvalue weighted by molar-refractivity contribution is 5.54. The summed E-state index contributed by atoms with van der Waals surface area (Å²) < 4.78 is 0. The Labute approximate surface area is 109 Å². The van der Waals surface area contributed by atoms with E-state index in [9.17, 15) is 0 Å². The maximum Gasteiger partial charge on any atom is 0.0373 e. The minimum Gasteiger partial charge on any atom is -0.398 e. The van der Waals surface area contributed by atoms with Gasteiger partial charge in [0.05, 0.1) is 0 Å². The van der Waals surface area contributed by atoms with Crippen molar-refractivity contribution < 1.29 is 0 Å². The molecule has 0 unspecified atom stereocenters. The molecule has 0 amide bonds. The molecule has 0 fully saturated rings. The summed E-state index contributed by atoms with van der Waals surface area (Å²) in [5, 5.41) is 0. The van der Waals surface area contributed by atoms with E-state index < -0.39 is 0 Å². The van der Waals surface area contributed by atoms with E-state index >= 15 is 0 Å². The Morgan fingerprint density at radius 2 is 1.72 bits per heavy atom. The van der Waals surface area contributed by atoms with Gasteiger partial charge in [0.1, 0.15) is 0 Å². The van der Waals surface area contributed by atoms with Crippen molar-refractivity contribution in [3.05, 3.63) is 58.9 Å². The van der Waals surface area contributed by atoms with Crippen molar-refractivity contribution in [1.29, 1.82) is 0 Å². The third-order valence-electron chi connectivity index (χ3n) is 3.31. The Bertz CT molecular complexity index is 495. The summed E-state index contributed by atoms with van der Waals surface area (Å²) in [5.41, 5.74) is 11.9. The quantitative estimate of drug-likeness (QED) is 0.831. The zero-order chi connectivity index (χ0) is 13.0. The van der Waals surface area contributed by atoms with Crippen LogP contribution in [0.15, 0.2) is 36.7 Å². The van der Waals surface area contributed by atoms with E-state index in [2.05, 4.69) is 37.0 Å². The van der Waals surface area contributed by atoms with Gasteiger partial charge in [-0.3, -0.25) is 4.98 Å². The lowest BCUT2D eigenvalue weighted by Gasteiger charge is -2.08. The number of benzene rings is 1. The fraction of sp³-hybridized carbons (Fsp3) is 0.312. The number of hydrogen-bond acceptors (Lipinski definition) is 2. The lowest BCUT2D eigenvalue weighted by Crippen LogP contribution is -1.97. The Kier molecular flexibility index (Phi) is 3.98. The Hall–Kier alpha value is -1.83. The predicted octanol–water partition coefficient (Wildman–Crippen LogP) is 3.46. The number of nitrogens with two attached hydrogens (primary N) is 1. The molecule has 2 aromatic rings. The molecule has 2 N–H and O–H groups in total. The van der Waals surface area contributed by atoms with Gasteiger partial charge in [0.15, 0.2) is 0 Å². The molecule has 2 nitrogen and oxygen atoms in total. The molecule has 1 aromatic carbocycles. The summed E-state index contributed by atoms with van der Waals surface area (Å²) in [7, 11) is 0. The SMILES string of the molecule is Cc1cc(CCCc2cccnc2)cc(C)c1N. The molecule has 2 heteroatoms. The first-order chi connectivity index (χ1) is 8.66. The van der Waals surface area contributed by atoms with Gasteiger partial charge >= 0.3 is 0 Å². The molecule has 0 saturated carbocycles. The van der Waals surface area contributed by atoms with E-state index in [0.29, 0.717) is 0 Å². The van der Waals surface area contributed by atoms with Gasteiger partial charge in [0.2, 0.25) is 0 Å². The van der Waals surface area contributed by atoms with Gasteiger partial charge in [-0.05, 0) is 61.4 Å². The second-order valence-corrected chi connectivity index (χ2v) is 4.86. The van der Waals surface area contributed by atoms with Crippen molar-refractivity contribution >= 4 is 5.69 Å². The third-order valence-corrected chi connectivity index (χ3v) is 3.31. The molecule has 0 aliphatic rings. The van der Waals surface area contributed by atoms with Crippen LogP contribution in [0, 0.1) is 13.8 Å². The van der Waals surface area contributed by atoms with Crippen LogP contribution < -0.4 is 5.73 Å². The molecule has 0 bridgehead atoms. The van der Waals surface area contributed by atoms with E-state index in [4.69, 9.17) is 5.73 Å². The summed E-state index contributed by atoms with van der Waals surface area (Å²) in [6.45, 7) is 4.15. The van der Waals surface area contributed by atoms with Gasteiger partial charge in [-0.15, -0.1) is 0 Å². The zero-order valence-corrected chi connectivity index (χ0v) is 11.1. The van der Waals surface area contributed by atoms with Crippen molar-refractivity contribution in [2.45, 2.75) is 33.1 Å². The lowest BCUT2D eigenvalue weighted by molar-refractivity contribution is 0.816. The van der Waals surface area contributed by atoms with Crippen molar-refractivity contribution in [3.8, 4) is 0 Å². The molecule has 1 aromatic heterocycles. The van der Waals surface area contributed by atoms with Crippen LogP contribution in [0.4, 0.5) is 5.69 Å². The van der Waals surface area contributed by atoms with E-state index in [1.165, 1.54) is 22.3 Å². The summed E-state index contributed by atoms with van der Waals surface area (Å²) >= 11 is 0. The normalized spacial score (nSPS) is 10.6. The molecule has 0 radical (unpaired) electrons. The van der Waals surface area contributed by atoms with Crippen LogP contribution in [0.3, 0.4) is 0 Å². The van der Waals surface area contributed by atoms with Crippen LogP contribution in [0.25, 0.3) is 0 Å². The highest BCUT2D eigenvalue weighted by Gasteiger charge is 2.02. The molecule has 2 rings (SSSR count). The zero-order valence-electron chi connectivity index (χ0n) is 11.1. The Balaban J connectivity index is 1.95. The van der Waals surface area contributed by atoms with Crippen LogP contribution in [-0.4, -0.2) is 4.98 Å². The average Bonchev–Trinajstić information content (AvgIpc) is 2.37. The summed E-state index contributed by atoms with van der Waals surface area (Å²) in [4.78, 5) is 4.13. The number of nitrogens with zero attached hydrogens (tertiary/aromatic N) is 1. The smallest absolute Gasteiger partial charge is 0.0373 e. The molecule has 0 aliphatic heterocycles. The standard InChI is InChI=1S/C16H20N2/c1-12-9-15(10-13(2)16(12)17)6-3-5-14-7-4-8-18-11-14/h4,7-11H,3,5-6,17H2,1-2H3. The number of anilines is 1. The van der Waals surface area contributed by atoms with E-state index in [0.717, 1.165) is 24.9 Å². The minimum atomic E-state index is 0.922. The number of aromatic nitrogens is 1. The topological polar surface area (TPSA) is 38.9 Å². The van der Waals surface area contributed by atoms with Gasteiger partial charge < -0.3 is 5.73 Å². The van der Waals surface area contributed by atoms with Crippen LogP contribution in [0.1, 0.15) is 28.7 Å². The number of aryl methyl sites for hydroxylation is 4. The average molecular weight is 240 g/mol. The first-order valence-corrected chi connectivity index (χ1v) is 6.41. The molecule has 0 saturated heterocycles. The third kappa shape index (κ3) is 3.10. The van der Waals surface area contributed by atoms with Gasteiger partial charge in [-0.1, -0.05) is 18.2 Å². The fourth-order valence-corrected chi connectivity index (χ4v) is 2.25. The second kappa shape index (κ2) is 5.67. The van der Waals surface area contributed by atoms with Gasteiger partial charge in [0, 0.05) is 18.1 Å². The lowest BCUT2D eigenvalue weighted by atomic mass is 10.00. The summed E-state index contributed by atoms with van der Waals surface area (Å²) in [6, 6.07) is 8.52. The molecule has 1 heterocycles. The van der Waals surface area contributed by atoms with E-state index in [-0.39, 0.29) is 0 Å². The summed E-state index contributed by atoms with van der Waals surface area (Å²) in [6.07, 6.45) is 7.08. The van der Waals surface area contributed by atoms with Crippen LogP contribution >= 0.6 is 0 Å². The Morgan fingerprint density at radius 3 is 2.33 bits per heavy atom. The molecule has 0 atom stereocenters. The van der Waals surface area contributed by atoms with E-state index in [1.54, 1.807) is 0 Å². The maximum absolute atomic E-state index is 5.96. The molecular weight excluding hydrogens is 220 g/mol. The van der Waals surface area contributed by atoms with Crippen molar-refractivity contribution in [3.63, 3.8) is 0 Å². The van der Waals surface area contributed by atoms with Crippen molar-refractivity contribution in [2.75, 3.05) is 5.73 Å². The molecule has 18 heavy (non-hydrogen) atoms. The highest BCUT2D eigenvalue weighted by Crippen LogP contribution is 2.19. The van der Waals surface area contributed by atoms with Gasteiger partial charge in [0.25, 0.3) is 0 Å². The number of nitrogen functional groups attached to an aromatic ring is 1. The van der Waals surface area contributed by atoms with Crippen LogP contribution in [0.2, 0.25) is 0 Å². The molecule has 94 valence electrons. The Morgan fingerprint density at radius 1 is 1.06 bits per heavy atom. The monoisotopic (exact) mass is 240 g/mol. The maximum atomic E-state index is 5.96. The minimum absolute atomic E-state index is 0.922. The van der Waals surface area contributed by atoms with Crippen LogP contribution in [0.5, 0.6) is 0 Å². The number of hydrogen-bond donors (Lipinski definition) is 1. The van der Waals surface area contributed by atoms with Gasteiger partial charge in [-0.25, -0.2) is 0 Å². The van der Waals surface area contributed by atoms with Crippen LogP contribution in [-0.2, 0) is 12.8 Å². The van der Waals surface area contributed by atoms with Crippen molar-refractivity contribution in [2.24, 2.45) is 0 Å².